The standard InChI is InChI=1S/C5H12FO5P/c1-9-12(8,10-2)11-4-5(6)3-7/h5,7H,3-4H2,1-2H3/t5-/m1/s1. The van der Waals surface area contributed by atoms with Crippen LogP contribution in [-0.4, -0.2) is 38.7 Å². The Bertz CT molecular complexity index is 156. The van der Waals surface area contributed by atoms with Gasteiger partial charge in [-0.2, -0.15) is 0 Å². The zero-order chi connectivity index (χ0) is 9.61. The van der Waals surface area contributed by atoms with E-state index in [9.17, 15) is 8.96 Å². The van der Waals surface area contributed by atoms with Crippen LogP contribution in [0.3, 0.4) is 0 Å². The van der Waals surface area contributed by atoms with Crippen molar-refractivity contribution in [3.05, 3.63) is 0 Å². The number of phosphoric acid groups is 1. The Morgan fingerprint density at radius 1 is 1.50 bits per heavy atom. The van der Waals surface area contributed by atoms with E-state index >= 15 is 0 Å². The summed E-state index contributed by atoms with van der Waals surface area (Å²) in [5.41, 5.74) is 0. The molecule has 0 unspecified atom stereocenters. The topological polar surface area (TPSA) is 65.0 Å². The lowest BCUT2D eigenvalue weighted by atomic mass is 10.4. The molecule has 0 fully saturated rings. The molecule has 0 bridgehead atoms. The van der Waals surface area contributed by atoms with Gasteiger partial charge in [-0.05, 0) is 0 Å². The van der Waals surface area contributed by atoms with Gasteiger partial charge in [0, 0.05) is 14.2 Å². The van der Waals surface area contributed by atoms with Crippen LogP contribution in [0.5, 0.6) is 0 Å². The minimum Gasteiger partial charge on any atom is -0.393 e. The van der Waals surface area contributed by atoms with Crippen molar-refractivity contribution in [3.63, 3.8) is 0 Å². The molecule has 0 rings (SSSR count). The van der Waals surface area contributed by atoms with Crippen LogP contribution in [0.25, 0.3) is 0 Å². The van der Waals surface area contributed by atoms with E-state index in [1.807, 2.05) is 0 Å². The molecule has 5 nitrogen and oxygen atoms in total. The van der Waals surface area contributed by atoms with Gasteiger partial charge in [0.2, 0.25) is 0 Å². The van der Waals surface area contributed by atoms with E-state index in [1.54, 1.807) is 0 Å². The molecule has 0 aromatic carbocycles. The van der Waals surface area contributed by atoms with Gasteiger partial charge in [0.25, 0.3) is 0 Å². The molecule has 0 amide bonds. The number of hydrogen-bond donors (Lipinski definition) is 1. The zero-order valence-electron chi connectivity index (χ0n) is 6.90. The van der Waals surface area contributed by atoms with Gasteiger partial charge in [-0.3, -0.25) is 13.6 Å². The molecular formula is C5H12FO5P. The van der Waals surface area contributed by atoms with Gasteiger partial charge in [0.15, 0.2) is 0 Å². The Balaban J connectivity index is 3.81. The number of halogens is 1. The molecule has 0 aliphatic heterocycles. The van der Waals surface area contributed by atoms with Gasteiger partial charge in [0.05, 0.1) is 13.2 Å². The van der Waals surface area contributed by atoms with Crippen molar-refractivity contribution in [2.75, 3.05) is 27.4 Å². The summed E-state index contributed by atoms with van der Waals surface area (Å²) in [4.78, 5) is 0. The fourth-order valence-electron chi connectivity index (χ4n) is 0.405. The lowest BCUT2D eigenvalue weighted by Gasteiger charge is -2.13. The number of aliphatic hydroxyl groups is 1. The van der Waals surface area contributed by atoms with Crippen LogP contribution in [-0.2, 0) is 18.1 Å². The van der Waals surface area contributed by atoms with Gasteiger partial charge >= 0.3 is 7.82 Å². The van der Waals surface area contributed by atoms with Crippen molar-refractivity contribution in [1.82, 2.24) is 0 Å². The smallest absolute Gasteiger partial charge is 0.393 e. The van der Waals surface area contributed by atoms with Gasteiger partial charge in [-0.15, -0.1) is 0 Å². The van der Waals surface area contributed by atoms with Gasteiger partial charge < -0.3 is 5.11 Å². The summed E-state index contributed by atoms with van der Waals surface area (Å²) >= 11 is 0. The summed E-state index contributed by atoms with van der Waals surface area (Å²) in [6, 6.07) is 0. The minimum absolute atomic E-state index is 0.518. The maximum Gasteiger partial charge on any atom is 0.474 e. The van der Waals surface area contributed by atoms with Crippen molar-refractivity contribution < 1.29 is 27.6 Å². The summed E-state index contributed by atoms with van der Waals surface area (Å²) in [6.45, 7) is -1.21. The quantitative estimate of drug-likeness (QED) is 0.643. The third kappa shape index (κ3) is 4.13. The Morgan fingerprint density at radius 2 is 2.00 bits per heavy atom. The highest BCUT2D eigenvalue weighted by molar-refractivity contribution is 7.48. The normalized spacial score (nSPS) is 14.7. The van der Waals surface area contributed by atoms with Crippen LogP contribution in [0.2, 0.25) is 0 Å². The first-order valence-electron chi connectivity index (χ1n) is 3.19. The van der Waals surface area contributed by atoms with E-state index in [1.165, 1.54) is 0 Å². The van der Waals surface area contributed by atoms with E-state index in [0.29, 0.717) is 0 Å². The largest absolute Gasteiger partial charge is 0.474 e. The van der Waals surface area contributed by atoms with Crippen molar-refractivity contribution in [3.8, 4) is 0 Å². The first-order chi connectivity index (χ1) is 5.58. The molecule has 12 heavy (non-hydrogen) atoms. The highest BCUT2D eigenvalue weighted by Crippen LogP contribution is 2.47. The molecule has 0 saturated carbocycles. The zero-order valence-corrected chi connectivity index (χ0v) is 7.79. The summed E-state index contributed by atoms with van der Waals surface area (Å²) in [6.07, 6.45) is -1.58. The van der Waals surface area contributed by atoms with Crippen molar-refractivity contribution in [2.45, 2.75) is 6.17 Å². The van der Waals surface area contributed by atoms with Crippen LogP contribution in [0.4, 0.5) is 4.39 Å². The summed E-state index contributed by atoms with van der Waals surface area (Å²) in [5.74, 6) is 0. The Hall–Kier alpha value is -0.0000000000000000208. The minimum atomic E-state index is -3.60. The molecule has 0 aromatic rings. The molecule has 0 radical (unpaired) electrons. The molecule has 1 atom stereocenters. The van der Waals surface area contributed by atoms with Crippen molar-refractivity contribution >= 4 is 7.82 Å². The molecule has 0 aromatic heterocycles. The second-order valence-electron chi connectivity index (χ2n) is 1.89. The van der Waals surface area contributed by atoms with E-state index < -0.39 is 27.2 Å². The third-order valence-electron chi connectivity index (χ3n) is 1.06. The number of alkyl halides is 1. The molecule has 0 spiro atoms. The fourth-order valence-corrected chi connectivity index (χ4v) is 1.11. The lowest BCUT2D eigenvalue weighted by molar-refractivity contribution is 0.0873. The molecule has 7 heteroatoms. The van der Waals surface area contributed by atoms with E-state index in [-0.39, 0.29) is 0 Å². The van der Waals surface area contributed by atoms with Gasteiger partial charge in [-0.25, -0.2) is 8.96 Å². The maximum atomic E-state index is 12.3. The van der Waals surface area contributed by atoms with Gasteiger partial charge in [0.1, 0.15) is 6.17 Å². The van der Waals surface area contributed by atoms with Crippen LogP contribution < -0.4 is 0 Å². The second kappa shape index (κ2) is 5.61. The monoisotopic (exact) mass is 202 g/mol. The molecular weight excluding hydrogens is 190 g/mol. The average Bonchev–Trinajstić information content (AvgIpc) is 2.13. The Morgan fingerprint density at radius 3 is 2.33 bits per heavy atom. The van der Waals surface area contributed by atoms with Crippen molar-refractivity contribution in [1.29, 1.82) is 0 Å². The maximum absolute atomic E-state index is 12.3. The number of phosphoric ester groups is 1. The highest BCUT2D eigenvalue weighted by atomic mass is 31.2. The Labute approximate surface area is 70.0 Å². The molecule has 0 saturated heterocycles. The van der Waals surface area contributed by atoms with Crippen LogP contribution in [0, 0.1) is 0 Å². The third-order valence-corrected chi connectivity index (χ3v) is 2.42. The average molecular weight is 202 g/mol. The first-order valence-corrected chi connectivity index (χ1v) is 4.65. The van der Waals surface area contributed by atoms with Crippen LogP contribution in [0.15, 0.2) is 0 Å². The summed E-state index contributed by atoms with van der Waals surface area (Å²) < 4.78 is 36.5. The highest BCUT2D eigenvalue weighted by Gasteiger charge is 2.24. The van der Waals surface area contributed by atoms with E-state index in [2.05, 4.69) is 13.6 Å². The lowest BCUT2D eigenvalue weighted by Crippen LogP contribution is -2.14. The van der Waals surface area contributed by atoms with Gasteiger partial charge in [-0.1, -0.05) is 0 Å². The molecule has 0 heterocycles. The number of aliphatic hydroxyl groups excluding tert-OH is 1. The molecule has 0 aliphatic rings. The fraction of sp³-hybridized carbons (Fsp3) is 1.00. The molecule has 0 aliphatic carbocycles. The summed E-state index contributed by atoms with van der Waals surface area (Å²) in [5, 5.41) is 8.25. The first kappa shape index (κ1) is 12.0. The molecule has 74 valence electrons. The van der Waals surface area contributed by atoms with Crippen molar-refractivity contribution in [2.24, 2.45) is 0 Å². The number of rotatable bonds is 6. The predicted octanol–water partition coefficient (Wildman–Crippen LogP) is 0.734. The molecule has 1 N–H and O–H groups in total. The van der Waals surface area contributed by atoms with Crippen LogP contribution in [0.1, 0.15) is 0 Å². The SMILES string of the molecule is COP(=O)(OC)OC[C@H](F)CO. The van der Waals surface area contributed by atoms with E-state index in [4.69, 9.17) is 5.11 Å². The second-order valence-corrected chi connectivity index (χ2v) is 3.77. The summed E-state index contributed by atoms with van der Waals surface area (Å²) in [7, 11) is -1.36. The van der Waals surface area contributed by atoms with E-state index in [0.717, 1.165) is 14.2 Å². The number of hydrogen-bond acceptors (Lipinski definition) is 5. The van der Waals surface area contributed by atoms with Crippen LogP contribution >= 0.6 is 7.82 Å². The Kier molecular flexibility index (Phi) is 5.61. The predicted molar refractivity (Wildman–Crippen MR) is 39.6 cm³/mol.